The standard InChI is InChI=1S/C12H8Cl2N2/c13-7-1-3-9-10-4-2-8(14)6-12(10)16-15-11(9)5-7/h1-6,15-16H. The number of benzene rings is 2. The lowest BCUT2D eigenvalue weighted by Gasteiger charge is -2.23. The fraction of sp³-hybridized carbons (Fsp3) is 0. The lowest BCUT2D eigenvalue weighted by atomic mass is 10.0. The van der Waals surface area contributed by atoms with Crippen LogP contribution in [0.5, 0.6) is 0 Å². The van der Waals surface area contributed by atoms with Gasteiger partial charge in [0.15, 0.2) is 0 Å². The molecule has 0 bridgehead atoms. The molecule has 0 radical (unpaired) electrons. The summed E-state index contributed by atoms with van der Waals surface area (Å²) in [6.07, 6.45) is 0. The van der Waals surface area contributed by atoms with Crippen molar-refractivity contribution in [2.24, 2.45) is 0 Å². The van der Waals surface area contributed by atoms with Crippen molar-refractivity contribution in [1.82, 2.24) is 0 Å². The van der Waals surface area contributed by atoms with Crippen LogP contribution in [-0.4, -0.2) is 0 Å². The molecule has 0 atom stereocenters. The van der Waals surface area contributed by atoms with E-state index in [2.05, 4.69) is 10.9 Å². The maximum absolute atomic E-state index is 5.94. The van der Waals surface area contributed by atoms with Gasteiger partial charge < -0.3 is 10.9 Å². The van der Waals surface area contributed by atoms with Gasteiger partial charge in [-0.25, -0.2) is 0 Å². The Hall–Kier alpha value is -1.38. The molecule has 1 aliphatic heterocycles. The van der Waals surface area contributed by atoms with Crippen molar-refractivity contribution >= 4 is 34.6 Å². The van der Waals surface area contributed by atoms with E-state index in [-0.39, 0.29) is 0 Å². The molecule has 2 nitrogen and oxygen atoms in total. The van der Waals surface area contributed by atoms with Crippen LogP contribution < -0.4 is 10.9 Å². The summed E-state index contributed by atoms with van der Waals surface area (Å²) in [7, 11) is 0. The molecule has 0 unspecified atom stereocenters. The van der Waals surface area contributed by atoms with E-state index in [9.17, 15) is 0 Å². The number of nitrogens with one attached hydrogen (secondary N) is 2. The summed E-state index contributed by atoms with van der Waals surface area (Å²) in [5, 5.41) is 1.43. The highest BCUT2D eigenvalue weighted by Gasteiger charge is 2.15. The second-order valence-electron chi connectivity index (χ2n) is 3.63. The van der Waals surface area contributed by atoms with Crippen LogP contribution in [0.1, 0.15) is 0 Å². The first-order valence-electron chi connectivity index (χ1n) is 4.85. The Morgan fingerprint density at radius 3 is 1.56 bits per heavy atom. The molecule has 16 heavy (non-hydrogen) atoms. The maximum Gasteiger partial charge on any atom is 0.0633 e. The van der Waals surface area contributed by atoms with Gasteiger partial charge in [-0.15, -0.1) is 0 Å². The van der Waals surface area contributed by atoms with Crippen LogP contribution in [0, 0.1) is 0 Å². The minimum absolute atomic E-state index is 0.713. The molecule has 0 fully saturated rings. The second kappa shape index (κ2) is 3.58. The normalized spacial score (nSPS) is 12.1. The molecule has 0 saturated heterocycles. The number of hydrogen-bond donors (Lipinski definition) is 2. The third kappa shape index (κ3) is 1.51. The molecule has 4 heteroatoms. The molecular formula is C12H8Cl2N2. The third-order valence-corrected chi connectivity index (χ3v) is 3.06. The Balaban J connectivity index is 2.23. The van der Waals surface area contributed by atoms with Gasteiger partial charge in [-0.2, -0.15) is 0 Å². The van der Waals surface area contributed by atoms with Gasteiger partial charge in [0.2, 0.25) is 0 Å². The molecule has 1 aliphatic rings. The molecule has 0 aromatic heterocycles. The summed E-state index contributed by atoms with van der Waals surface area (Å²) in [6.45, 7) is 0. The van der Waals surface area contributed by atoms with Crippen LogP contribution in [-0.2, 0) is 0 Å². The SMILES string of the molecule is Clc1ccc2c(c1)NNc1cc(Cl)ccc1-2. The van der Waals surface area contributed by atoms with E-state index in [4.69, 9.17) is 23.2 Å². The lowest BCUT2D eigenvalue weighted by molar-refractivity contribution is 1.37. The zero-order valence-electron chi connectivity index (χ0n) is 8.22. The van der Waals surface area contributed by atoms with Gasteiger partial charge >= 0.3 is 0 Å². The topological polar surface area (TPSA) is 24.1 Å². The van der Waals surface area contributed by atoms with Crippen molar-refractivity contribution in [2.45, 2.75) is 0 Å². The van der Waals surface area contributed by atoms with E-state index in [0.29, 0.717) is 10.0 Å². The van der Waals surface area contributed by atoms with E-state index in [1.54, 1.807) is 0 Å². The van der Waals surface area contributed by atoms with Crippen molar-refractivity contribution in [1.29, 1.82) is 0 Å². The van der Waals surface area contributed by atoms with Crippen LogP contribution in [0.15, 0.2) is 36.4 Å². The smallest absolute Gasteiger partial charge is 0.0633 e. The average Bonchev–Trinajstić information content (AvgIpc) is 2.28. The minimum atomic E-state index is 0.713. The highest BCUT2D eigenvalue weighted by Crippen LogP contribution is 2.39. The van der Waals surface area contributed by atoms with Gasteiger partial charge in [0, 0.05) is 21.2 Å². The molecule has 0 amide bonds. The van der Waals surface area contributed by atoms with E-state index in [1.165, 1.54) is 0 Å². The highest BCUT2D eigenvalue weighted by atomic mass is 35.5. The number of halogens is 2. The Bertz CT molecular complexity index is 515. The van der Waals surface area contributed by atoms with Crippen molar-refractivity contribution in [3.05, 3.63) is 46.4 Å². The first-order valence-corrected chi connectivity index (χ1v) is 5.61. The van der Waals surface area contributed by atoms with Crippen molar-refractivity contribution < 1.29 is 0 Å². The van der Waals surface area contributed by atoms with E-state index in [1.807, 2.05) is 36.4 Å². The quantitative estimate of drug-likeness (QED) is 0.724. The Kier molecular flexibility index (Phi) is 2.20. The van der Waals surface area contributed by atoms with Gasteiger partial charge in [-0.1, -0.05) is 35.3 Å². The first-order chi connectivity index (χ1) is 7.74. The number of hydrogen-bond acceptors (Lipinski definition) is 2. The second-order valence-corrected chi connectivity index (χ2v) is 4.50. The van der Waals surface area contributed by atoms with Gasteiger partial charge in [0.1, 0.15) is 0 Å². The van der Waals surface area contributed by atoms with Gasteiger partial charge in [-0.05, 0) is 24.3 Å². The summed E-state index contributed by atoms with van der Waals surface area (Å²) in [5.74, 6) is 0. The summed E-state index contributed by atoms with van der Waals surface area (Å²) in [5.41, 5.74) is 10.4. The summed E-state index contributed by atoms with van der Waals surface area (Å²) < 4.78 is 0. The highest BCUT2D eigenvalue weighted by molar-refractivity contribution is 6.31. The molecule has 3 rings (SSSR count). The molecule has 2 aromatic rings. The Morgan fingerprint density at radius 1 is 0.688 bits per heavy atom. The van der Waals surface area contributed by atoms with Crippen molar-refractivity contribution in [3.8, 4) is 11.1 Å². The predicted molar refractivity (Wildman–Crippen MR) is 69.1 cm³/mol. The Morgan fingerprint density at radius 2 is 1.12 bits per heavy atom. The van der Waals surface area contributed by atoms with Crippen LogP contribution in [0.2, 0.25) is 10.0 Å². The number of anilines is 2. The lowest BCUT2D eigenvalue weighted by Crippen LogP contribution is -2.14. The van der Waals surface area contributed by atoms with Crippen molar-refractivity contribution in [3.63, 3.8) is 0 Å². The van der Waals surface area contributed by atoms with Gasteiger partial charge in [0.05, 0.1) is 11.4 Å². The van der Waals surface area contributed by atoms with E-state index in [0.717, 1.165) is 22.5 Å². The fourth-order valence-electron chi connectivity index (χ4n) is 1.84. The zero-order chi connectivity index (χ0) is 11.1. The predicted octanol–water partition coefficient (Wildman–Crippen LogP) is 4.41. The van der Waals surface area contributed by atoms with Crippen LogP contribution in [0.3, 0.4) is 0 Å². The number of rotatable bonds is 0. The summed E-state index contributed by atoms with van der Waals surface area (Å²) in [4.78, 5) is 0. The van der Waals surface area contributed by atoms with E-state index >= 15 is 0 Å². The third-order valence-electron chi connectivity index (χ3n) is 2.59. The van der Waals surface area contributed by atoms with Crippen LogP contribution in [0.4, 0.5) is 11.4 Å². The largest absolute Gasteiger partial charge is 0.300 e. The fourth-order valence-corrected chi connectivity index (χ4v) is 2.19. The molecule has 0 aliphatic carbocycles. The van der Waals surface area contributed by atoms with Crippen molar-refractivity contribution in [2.75, 3.05) is 10.9 Å². The summed E-state index contributed by atoms with van der Waals surface area (Å²) >= 11 is 11.9. The average molecular weight is 251 g/mol. The molecule has 0 saturated carbocycles. The number of hydrazine groups is 1. The Labute approximate surface area is 103 Å². The monoisotopic (exact) mass is 250 g/mol. The summed E-state index contributed by atoms with van der Waals surface area (Å²) in [6, 6.07) is 11.5. The maximum atomic E-state index is 5.94. The van der Waals surface area contributed by atoms with Gasteiger partial charge in [0.25, 0.3) is 0 Å². The number of fused-ring (bicyclic) bond motifs is 3. The molecule has 2 N–H and O–H groups in total. The zero-order valence-corrected chi connectivity index (χ0v) is 9.73. The molecule has 1 heterocycles. The molecule has 0 spiro atoms. The molecular weight excluding hydrogens is 243 g/mol. The van der Waals surface area contributed by atoms with E-state index < -0.39 is 0 Å². The molecule has 2 aromatic carbocycles. The molecule has 80 valence electrons. The van der Waals surface area contributed by atoms with Gasteiger partial charge in [-0.3, -0.25) is 0 Å². The first kappa shape index (κ1) is 9.82. The van der Waals surface area contributed by atoms with Crippen LogP contribution in [0.25, 0.3) is 11.1 Å². The van der Waals surface area contributed by atoms with Crippen LogP contribution >= 0.6 is 23.2 Å². The minimum Gasteiger partial charge on any atom is -0.300 e.